The Kier molecular flexibility index (Phi) is 4.27. The van der Waals surface area contributed by atoms with Gasteiger partial charge in [-0.3, -0.25) is 0 Å². The molecule has 0 saturated carbocycles. The van der Waals surface area contributed by atoms with Crippen molar-refractivity contribution in [2.45, 2.75) is 0 Å². The van der Waals surface area contributed by atoms with E-state index in [-0.39, 0.29) is 12.4 Å². The first-order chi connectivity index (χ1) is 4.34. The van der Waals surface area contributed by atoms with Crippen molar-refractivity contribution in [3.8, 4) is 6.07 Å². The van der Waals surface area contributed by atoms with Crippen LogP contribution in [0.3, 0.4) is 0 Å². The van der Waals surface area contributed by atoms with Crippen LogP contribution in [-0.4, -0.2) is 0 Å². The Bertz CT molecular complexity index is 254. The van der Waals surface area contributed by atoms with Gasteiger partial charge in [0.2, 0.25) is 0 Å². The van der Waals surface area contributed by atoms with Crippen LogP contribution in [0.25, 0.3) is 0 Å². The minimum absolute atomic E-state index is 0. The van der Waals surface area contributed by atoms with Gasteiger partial charge in [-0.1, -0.05) is 0 Å². The van der Waals surface area contributed by atoms with E-state index in [0.29, 0.717) is 0 Å². The van der Waals surface area contributed by atoms with Crippen LogP contribution in [0.4, 0.5) is 0 Å². The van der Waals surface area contributed by atoms with Crippen molar-refractivity contribution in [3.63, 3.8) is 0 Å². The second kappa shape index (κ2) is 4.44. The van der Waals surface area contributed by atoms with Crippen molar-refractivity contribution in [1.82, 2.24) is 0 Å². The van der Waals surface area contributed by atoms with Crippen molar-refractivity contribution in [3.05, 3.63) is 29.8 Å². The third kappa shape index (κ3) is 2.10. The predicted molar refractivity (Wildman–Crippen MR) is 38.0 cm³/mol. The molecule has 0 heterocycles. The van der Waals surface area contributed by atoms with Crippen LogP contribution in [0, 0.1) is 11.3 Å². The van der Waals surface area contributed by atoms with Crippen LogP contribution in [0.5, 0.6) is 0 Å². The molecule has 0 aliphatic carbocycles. The molecule has 0 atom stereocenters. The molecular formula is C7H5ClNZn. The molecule has 0 N–H and O–H groups in total. The Labute approximate surface area is 76.1 Å². The van der Waals surface area contributed by atoms with Gasteiger partial charge in [-0.05, 0) is 0 Å². The number of halogens is 1. The first kappa shape index (κ1) is 9.62. The van der Waals surface area contributed by atoms with E-state index < -0.39 is 0 Å². The molecule has 0 saturated heterocycles. The summed E-state index contributed by atoms with van der Waals surface area (Å²) in [6, 6.07) is 9.80. The minimum atomic E-state index is 0. The molecule has 0 unspecified atom stereocenters. The average molecular weight is 204 g/mol. The average Bonchev–Trinajstić information content (AvgIpc) is 1.89. The van der Waals surface area contributed by atoms with Gasteiger partial charge in [0.15, 0.2) is 0 Å². The van der Waals surface area contributed by atoms with Gasteiger partial charge in [0.1, 0.15) is 0 Å². The normalized spacial score (nSPS) is 7.70. The van der Waals surface area contributed by atoms with E-state index in [4.69, 9.17) is 5.26 Å². The van der Waals surface area contributed by atoms with Gasteiger partial charge in [-0.15, -0.1) is 12.4 Å². The topological polar surface area (TPSA) is 23.8 Å². The molecule has 1 aromatic carbocycles. The summed E-state index contributed by atoms with van der Waals surface area (Å²) in [6.07, 6.45) is 0. The SMILES string of the molecule is Cl.N#Cc1cccc[c]1[Zn]. The van der Waals surface area contributed by atoms with E-state index in [2.05, 4.69) is 6.07 Å². The van der Waals surface area contributed by atoms with Crippen molar-refractivity contribution >= 4 is 16.6 Å². The molecule has 47 valence electrons. The van der Waals surface area contributed by atoms with Crippen LogP contribution in [0.15, 0.2) is 24.3 Å². The molecule has 3 heteroatoms. The third-order valence-electron chi connectivity index (χ3n) is 1.14. The summed E-state index contributed by atoms with van der Waals surface area (Å²) in [6.45, 7) is 0. The third-order valence-corrected chi connectivity index (χ3v) is 2.43. The maximum absolute atomic E-state index is 8.49. The summed E-state index contributed by atoms with van der Waals surface area (Å²) in [4.78, 5) is 0. The number of hydrogen-bond acceptors (Lipinski definition) is 1. The number of benzene rings is 1. The van der Waals surface area contributed by atoms with Crippen molar-refractivity contribution < 1.29 is 18.3 Å². The summed E-state index contributed by atoms with van der Waals surface area (Å²) in [5.74, 6) is 0. The Morgan fingerprint density at radius 1 is 1.30 bits per heavy atom. The van der Waals surface area contributed by atoms with Gasteiger partial charge in [-0.25, -0.2) is 0 Å². The summed E-state index contributed by atoms with van der Waals surface area (Å²) in [5.41, 5.74) is 0.817. The summed E-state index contributed by atoms with van der Waals surface area (Å²) in [5, 5.41) is 8.49. The first-order valence-electron chi connectivity index (χ1n) is 2.65. The molecular weight excluding hydrogens is 199 g/mol. The van der Waals surface area contributed by atoms with E-state index in [1.54, 1.807) is 0 Å². The van der Waals surface area contributed by atoms with Crippen LogP contribution in [0.2, 0.25) is 0 Å². The Hall–Kier alpha value is -0.377. The first-order valence-corrected chi connectivity index (χ1v) is 4.14. The van der Waals surface area contributed by atoms with E-state index >= 15 is 0 Å². The molecule has 0 aliphatic rings. The molecule has 1 rings (SSSR count). The van der Waals surface area contributed by atoms with Gasteiger partial charge in [-0.2, -0.15) is 0 Å². The summed E-state index contributed by atoms with van der Waals surface area (Å²) >= 11 is 1.06. The number of rotatable bonds is 0. The summed E-state index contributed by atoms with van der Waals surface area (Å²) < 4.78 is 1.17. The number of nitriles is 1. The zero-order valence-corrected chi connectivity index (χ0v) is 9.16. The van der Waals surface area contributed by atoms with Crippen LogP contribution >= 0.6 is 12.4 Å². The second-order valence-electron chi connectivity index (χ2n) is 1.77. The zero-order chi connectivity index (χ0) is 6.69. The molecule has 1 nitrogen and oxygen atoms in total. The standard InChI is InChI=1S/C7H4N.ClH.Zn/c8-6-7-4-2-1-3-5-7;;/h1-4H;1H;. The Morgan fingerprint density at radius 3 is 2.30 bits per heavy atom. The zero-order valence-electron chi connectivity index (χ0n) is 5.37. The van der Waals surface area contributed by atoms with E-state index in [1.807, 2.05) is 24.3 Å². The van der Waals surface area contributed by atoms with Crippen LogP contribution in [0.1, 0.15) is 5.56 Å². The van der Waals surface area contributed by atoms with E-state index in [9.17, 15) is 0 Å². The molecule has 1 aromatic rings. The predicted octanol–water partition coefficient (Wildman–Crippen LogP) is 1.15. The van der Waals surface area contributed by atoms with Crippen molar-refractivity contribution in [1.29, 1.82) is 5.26 Å². The monoisotopic (exact) mass is 202 g/mol. The molecule has 0 fully saturated rings. The number of hydrogen-bond donors (Lipinski definition) is 0. The molecule has 0 spiro atoms. The fraction of sp³-hybridized carbons (Fsp3) is 0. The van der Waals surface area contributed by atoms with Gasteiger partial charge in [0.05, 0.1) is 0 Å². The molecule has 10 heavy (non-hydrogen) atoms. The van der Waals surface area contributed by atoms with E-state index in [0.717, 1.165) is 23.9 Å². The second-order valence-corrected chi connectivity index (χ2v) is 3.37. The van der Waals surface area contributed by atoms with Crippen molar-refractivity contribution in [2.24, 2.45) is 0 Å². The Balaban J connectivity index is 0.000000810. The van der Waals surface area contributed by atoms with Gasteiger partial charge < -0.3 is 0 Å². The molecule has 0 bridgehead atoms. The van der Waals surface area contributed by atoms with Gasteiger partial charge in [0.25, 0.3) is 0 Å². The molecule has 0 aliphatic heterocycles. The molecule has 0 amide bonds. The van der Waals surface area contributed by atoms with Gasteiger partial charge in [0, 0.05) is 0 Å². The van der Waals surface area contributed by atoms with Crippen molar-refractivity contribution in [2.75, 3.05) is 0 Å². The van der Waals surface area contributed by atoms with Crippen LogP contribution < -0.4 is 4.16 Å². The van der Waals surface area contributed by atoms with E-state index in [1.165, 1.54) is 4.16 Å². The summed E-state index contributed by atoms with van der Waals surface area (Å²) in [7, 11) is 0. The Morgan fingerprint density at radius 2 is 1.90 bits per heavy atom. The van der Waals surface area contributed by atoms with Crippen LogP contribution in [-0.2, 0) is 18.3 Å². The quantitative estimate of drug-likeness (QED) is 0.581. The molecule has 0 aromatic heterocycles. The van der Waals surface area contributed by atoms with Gasteiger partial charge >= 0.3 is 63.6 Å². The maximum atomic E-state index is 8.49. The fourth-order valence-corrected chi connectivity index (χ4v) is 1.33. The number of nitrogens with zero attached hydrogens (tertiary/aromatic N) is 1. The fourth-order valence-electron chi connectivity index (χ4n) is 0.629. The molecule has 0 radical (unpaired) electrons.